The molecule has 1 atom stereocenters. The number of hydrogen-bond donors (Lipinski definition) is 3. The Hall–Kier alpha value is -1.14. The van der Waals surface area contributed by atoms with E-state index >= 15 is 0 Å². The number of carbonyl (C=O) groups is 2. The van der Waals surface area contributed by atoms with Crippen molar-refractivity contribution in [1.29, 1.82) is 0 Å². The van der Waals surface area contributed by atoms with Crippen molar-refractivity contribution in [2.24, 2.45) is 11.7 Å². The molecule has 0 aromatic rings. The van der Waals surface area contributed by atoms with Crippen LogP contribution in [0.5, 0.6) is 0 Å². The van der Waals surface area contributed by atoms with Gasteiger partial charge < -0.3 is 21.1 Å². The number of hydrogen-bond acceptors (Lipinski definition) is 4. The maximum Gasteiger partial charge on any atom is 0.220 e. The van der Waals surface area contributed by atoms with Crippen LogP contribution in [0.1, 0.15) is 98.3 Å². The van der Waals surface area contributed by atoms with E-state index in [1.54, 1.807) is 0 Å². The van der Waals surface area contributed by atoms with Crippen molar-refractivity contribution < 1.29 is 14.3 Å². The molecule has 0 radical (unpaired) electrons. The zero-order valence-corrected chi connectivity index (χ0v) is 19.7. The molecule has 0 aliphatic heterocycles. The molecule has 0 rings (SSSR count). The van der Waals surface area contributed by atoms with Gasteiger partial charge in [0.1, 0.15) is 0 Å². The second-order valence-corrected chi connectivity index (χ2v) is 7.65. The minimum Gasteiger partial charge on any atom is -0.381 e. The van der Waals surface area contributed by atoms with Crippen LogP contribution in [0.25, 0.3) is 0 Å². The maximum absolute atomic E-state index is 11.1. The summed E-state index contributed by atoms with van der Waals surface area (Å²) in [4.78, 5) is 22.1. The Morgan fingerprint density at radius 2 is 1.48 bits per heavy atom. The van der Waals surface area contributed by atoms with Gasteiger partial charge in [-0.05, 0) is 38.6 Å². The zero-order chi connectivity index (χ0) is 22.2. The lowest BCUT2D eigenvalue weighted by Crippen LogP contribution is -2.28. The van der Waals surface area contributed by atoms with Crippen LogP contribution in [0.2, 0.25) is 0 Å². The van der Waals surface area contributed by atoms with E-state index in [0.717, 1.165) is 44.9 Å². The summed E-state index contributed by atoms with van der Waals surface area (Å²) in [5.41, 5.74) is 5.38. The summed E-state index contributed by atoms with van der Waals surface area (Å²) in [6, 6.07) is 0. The second kappa shape index (κ2) is 24.9. The van der Waals surface area contributed by atoms with Crippen molar-refractivity contribution in [2.45, 2.75) is 98.3 Å². The Balaban J connectivity index is 0. The van der Waals surface area contributed by atoms with Crippen LogP contribution in [-0.4, -0.2) is 44.7 Å². The van der Waals surface area contributed by atoms with Crippen molar-refractivity contribution in [2.75, 3.05) is 32.8 Å². The molecule has 0 heterocycles. The van der Waals surface area contributed by atoms with Crippen LogP contribution < -0.4 is 16.4 Å². The highest BCUT2D eigenvalue weighted by Crippen LogP contribution is 2.13. The smallest absolute Gasteiger partial charge is 0.220 e. The number of carbonyl (C=O) groups excluding carboxylic acids is 2. The Morgan fingerprint density at radius 3 is 2.07 bits per heavy atom. The van der Waals surface area contributed by atoms with Crippen LogP contribution in [-0.2, 0) is 14.3 Å². The third kappa shape index (κ3) is 26.9. The largest absolute Gasteiger partial charge is 0.381 e. The lowest BCUT2D eigenvalue weighted by atomic mass is 10.00. The summed E-state index contributed by atoms with van der Waals surface area (Å²) < 4.78 is 5.49. The zero-order valence-electron chi connectivity index (χ0n) is 19.7. The second-order valence-electron chi connectivity index (χ2n) is 7.65. The van der Waals surface area contributed by atoms with Gasteiger partial charge in [-0.3, -0.25) is 9.59 Å². The molecule has 0 aliphatic rings. The fourth-order valence-corrected chi connectivity index (χ4v) is 2.64. The molecule has 2 amide bonds. The first kappa shape index (κ1) is 30.1. The van der Waals surface area contributed by atoms with Crippen molar-refractivity contribution >= 4 is 11.8 Å². The molecule has 0 saturated carbocycles. The number of unbranched alkanes of at least 4 members (excludes halogenated alkanes) is 4. The molecule has 29 heavy (non-hydrogen) atoms. The molecule has 4 N–H and O–H groups in total. The van der Waals surface area contributed by atoms with Gasteiger partial charge in [0, 0.05) is 39.1 Å². The molecule has 0 aromatic heterocycles. The predicted octanol–water partition coefficient (Wildman–Crippen LogP) is 4.17. The molecular formula is C23H49N3O3. The van der Waals surface area contributed by atoms with Crippen molar-refractivity contribution in [3.05, 3.63) is 0 Å². The van der Waals surface area contributed by atoms with Crippen LogP contribution in [0.4, 0.5) is 0 Å². The Bertz CT molecular complexity index is 365. The van der Waals surface area contributed by atoms with Crippen LogP contribution in [0, 0.1) is 5.92 Å². The molecule has 0 fully saturated rings. The van der Waals surface area contributed by atoms with Gasteiger partial charge in [-0.25, -0.2) is 0 Å². The predicted molar refractivity (Wildman–Crippen MR) is 123 cm³/mol. The lowest BCUT2D eigenvalue weighted by Gasteiger charge is -2.11. The minimum atomic E-state index is -0.0573. The summed E-state index contributed by atoms with van der Waals surface area (Å²) in [5.74, 6) is 0.725. The van der Waals surface area contributed by atoms with Crippen LogP contribution >= 0.6 is 0 Å². The van der Waals surface area contributed by atoms with Gasteiger partial charge in [0.2, 0.25) is 11.8 Å². The molecule has 0 aromatic carbocycles. The third-order valence-electron chi connectivity index (χ3n) is 4.60. The first-order valence-electron chi connectivity index (χ1n) is 11.8. The molecular weight excluding hydrogens is 366 g/mol. The van der Waals surface area contributed by atoms with Crippen LogP contribution in [0.15, 0.2) is 0 Å². The van der Waals surface area contributed by atoms with E-state index in [0.29, 0.717) is 13.1 Å². The molecule has 0 saturated heterocycles. The standard InChI is InChI=1S/C13H29NO.C10H20N2O2/c1-3-4-5-6-8-13(2)9-12-15-11-7-10-14;1-3-5-8-12-10(14)7-6-9(13)11-4-2/h13H,3-12,14H2,1-2H3;3-8H2,1-2H3,(H,11,13)(H,12,14). The van der Waals surface area contributed by atoms with E-state index in [1.807, 2.05) is 6.92 Å². The van der Waals surface area contributed by atoms with E-state index in [1.165, 1.54) is 38.5 Å². The number of nitrogens with one attached hydrogen (secondary N) is 2. The number of amides is 2. The van der Waals surface area contributed by atoms with E-state index < -0.39 is 0 Å². The minimum absolute atomic E-state index is 0.0373. The fourth-order valence-electron chi connectivity index (χ4n) is 2.64. The quantitative estimate of drug-likeness (QED) is 0.293. The fraction of sp³-hybridized carbons (Fsp3) is 0.913. The maximum atomic E-state index is 11.1. The summed E-state index contributed by atoms with van der Waals surface area (Å²) in [6.07, 6.45) is 11.7. The summed E-state index contributed by atoms with van der Waals surface area (Å²) in [6.45, 7) is 12.3. The Labute approximate surface area is 180 Å². The summed E-state index contributed by atoms with van der Waals surface area (Å²) in [7, 11) is 0. The molecule has 174 valence electrons. The van der Waals surface area contributed by atoms with E-state index in [9.17, 15) is 9.59 Å². The molecule has 0 spiro atoms. The van der Waals surface area contributed by atoms with Gasteiger partial charge in [-0.15, -0.1) is 0 Å². The van der Waals surface area contributed by atoms with E-state index in [-0.39, 0.29) is 24.7 Å². The highest BCUT2D eigenvalue weighted by atomic mass is 16.5. The lowest BCUT2D eigenvalue weighted by molar-refractivity contribution is -0.126. The summed E-state index contributed by atoms with van der Waals surface area (Å²) in [5, 5.41) is 5.41. The van der Waals surface area contributed by atoms with Crippen molar-refractivity contribution in [3.63, 3.8) is 0 Å². The number of rotatable bonds is 18. The highest BCUT2D eigenvalue weighted by Gasteiger charge is 2.04. The molecule has 0 aliphatic carbocycles. The SMILES string of the molecule is CCCCCCC(C)CCOCCCN.CCCCNC(=O)CCC(=O)NCC. The molecule has 1 unspecified atom stereocenters. The first-order valence-corrected chi connectivity index (χ1v) is 11.8. The van der Waals surface area contributed by atoms with Crippen molar-refractivity contribution in [3.8, 4) is 0 Å². The van der Waals surface area contributed by atoms with Gasteiger partial charge in [0.05, 0.1) is 0 Å². The Kier molecular flexibility index (Phi) is 25.8. The Morgan fingerprint density at radius 1 is 0.828 bits per heavy atom. The average Bonchev–Trinajstić information content (AvgIpc) is 2.70. The number of nitrogens with two attached hydrogens (primary N) is 1. The molecule has 0 bridgehead atoms. The van der Waals surface area contributed by atoms with Gasteiger partial charge in [0.25, 0.3) is 0 Å². The van der Waals surface area contributed by atoms with Crippen molar-refractivity contribution in [1.82, 2.24) is 10.6 Å². The molecule has 6 nitrogen and oxygen atoms in total. The van der Waals surface area contributed by atoms with Crippen LogP contribution in [0.3, 0.4) is 0 Å². The first-order chi connectivity index (χ1) is 14.0. The monoisotopic (exact) mass is 415 g/mol. The highest BCUT2D eigenvalue weighted by molar-refractivity contribution is 5.83. The number of ether oxygens (including phenoxy) is 1. The third-order valence-corrected chi connectivity index (χ3v) is 4.60. The topological polar surface area (TPSA) is 93.4 Å². The van der Waals surface area contributed by atoms with E-state index in [2.05, 4.69) is 31.4 Å². The van der Waals surface area contributed by atoms with Gasteiger partial charge in [-0.2, -0.15) is 0 Å². The summed E-state index contributed by atoms with van der Waals surface area (Å²) >= 11 is 0. The average molecular weight is 416 g/mol. The van der Waals surface area contributed by atoms with Gasteiger partial charge in [0.15, 0.2) is 0 Å². The van der Waals surface area contributed by atoms with E-state index in [4.69, 9.17) is 10.5 Å². The van der Waals surface area contributed by atoms with Gasteiger partial charge >= 0.3 is 0 Å². The molecule has 6 heteroatoms. The van der Waals surface area contributed by atoms with Gasteiger partial charge in [-0.1, -0.05) is 59.3 Å². The normalized spacial score (nSPS) is 11.3.